The first kappa shape index (κ1) is 19.6. The fraction of sp³-hybridized carbons (Fsp3) is 0.200. The number of nitrogens with zero attached hydrogens (tertiary/aromatic N) is 4. The van der Waals surface area contributed by atoms with Crippen LogP contribution in [0.3, 0.4) is 0 Å². The van der Waals surface area contributed by atoms with Gasteiger partial charge in [0.25, 0.3) is 5.91 Å². The fourth-order valence-electron chi connectivity index (χ4n) is 2.75. The molecule has 0 bridgehead atoms. The highest BCUT2D eigenvalue weighted by Crippen LogP contribution is 2.43. The predicted octanol–water partition coefficient (Wildman–Crippen LogP) is 4.34. The number of rotatable bonds is 2. The minimum atomic E-state index is -4.71. The molecule has 152 valence electrons. The van der Waals surface area contributed by atoms with E-state index in [0.717, 1.165) is 15.3 Å². The Labute approximate surface area is 164 Å². The Morgan fingerprint density at radius 2 is 1.45 bits per heavy atom. The molecule has 0 saturated carbocycles. The highest BCUT2D eigenvalue weighted by atomic mass is 32.1. The quantitative estimate of drug-likeness (QED) is 0.587. The number of aromatic hydroxyl groups is 1. The molecule has 14 heteroatoms. The Hall–Kier alpha value is -2.74. The van der Waals surface area contributed by atoms with Crippen LogP contribution in [-0.2, 0) is 19.4 Å². The van der Waals surface area contributed by atoms with E-state index < -0.39 is 35.5 Å². The van der Waals surface area contributed by atoms with Gasteiger partial charge in [-0.1, -0.05) is 0 Å². The highest BCUT2D eigenvalue weighted by Gasteiger charge is 2.40. The molecule has 0 aromatic carbocycles. The maximum atomic E-state index is 12.9. The number of thiazole rings is 2. The van der Waals surface area contributed by atoms with Gasteiger partial charge in [0, 0.05) is 17.8 Å². The SMILES string of the molecule is Cn1c(O)c2c(c1-c1nc(C(F)(F)F)cs1)C(=O)N=C2c1nc(C(F)(F)F)cs1. The van der Waals surface area contributed by atoms with Crippen molar-refractivity contribution in [2.24, 2.45) is 12.0 Å². The largest absolute Gasteiger partial charge is 0.494 e. The van der Waals surface area contributed by atoms with Gasteiger partial charge in [0.2, 0.25) is 5.88 Å². The van der Waals surface area contributed by atoms with Gasteiger partial charge in [-0.3, -0.25) is 4.79 Å². The second kappa shape index (κ2) is 6.13. The van der Waals surface area contributed by atoms with Gasteiger partial charge in [-0.2, -0.15) is 26.3 Å². The van der Waals surface area contributed by atoms with Gasteiger partial charge < -0.3 is 9.67 Å². The van der Waals surface area contributed by atoms with Crippen LogP contribution in [0.25, 0.3) is 10.7 Å². The predicted molar refractivity (Wildman–Crippen MR) is 90.3 cm³/mol. The van der Waals surface area contributed by atoms with Gasteiger partial charge in [-0.15, -0.1) is 22.7 Å². The van der Waals surface area contributed by atoms with Crippen LogP contribution < -0.4 is 0 Å². The standard InChI is InChI=1S/C15H6F6N4O2S2/c1-25-9(12-23-5(3-29-12)15(19,20)21)7-6(13(25)27)8(24-10(7)26)11-22-4(2-28-11)14(16,17)18/h2-3,27H,1H3. The normalized spacial score (nSPS) is 14.4. The van der Waals surface area contributed by atoms with Crippen LogP contribution in [0.4, 0.5) is 26.3 Å². The summed E-state index contributed by atoms with van der Waals surface area (Å²) in [4.78, 5) is 23.0. The molecular weight excluding hydrogens is 446 g/mol. The number of hydrogen-bond acceptors (Lipinski definition) is 6. The average Bonchev–Trinajstić information content (AvgIpc) is 3.34. The third-order valence-corrected chi connectivity index (χ3v) is 5.72. The Bertz CT molecular complexity index is 1180. The number of carbonyl (C=O) groups excluding carboxylic acids is 1. The molecule has 1 amide bonds. The summed E-state index contributed by atoms with van der Waals surface area (Å²) in [5, 5.41) is 11.5. The summed E-state index contributed by atoms with van der Waals surface area (Å²) in [6, 6.07) is 0. The molecule has 1 aliphatic rings. The third kappa shape index (κ3) is 3.02. The van der Waals surface area contributed by atoms with Crippen molar-refractivity contribution in [3.05, 3.63) is 38.3 Å². The van der Waals surface area contributed by atoms with Gasteiger partial charge in [0.15, 0.2) is 11.4 Å². The molecule has 1 N–H and O–H groups in total. The minimum absolute atomic E-state index is 0.116. The highest BCUT2D eigenvalue weighted by molar-refractivity contribution is 7.13. The van der Waals surface area contributed by atoms with Crippen molar-refractivity contribution < 1.29 is 36.2 Å². The number of alkyl halides is 6. The van der Waals surface area contributed by atoms with Crippen LogP contribution in [0.1, 0.15) is 32.3 Å². The second-order valence-corrected chi connectivity index (χ2v) is 7.53. The van der Waals surface area contributed by atoms with Gasteiger partial charge in [0.05, 0.1) is 16.8 Å². The molecule has 0 radical (unpaired) electrons. The number of aliphatic imine (C=N–C) groups is 1. The first-order chi connectivity index (χ1) is 13.4. The van der Waals surface area contributed by atoms with Crippen LogP contribution in [-0.4, -0.2) is 31.3 Å². The van der Waals surface area contributed by atoms with E-state index in [1.807, 2.05) is 0 Å². The van der Waals surface area contributed by atoms with Crippen molar-refractivity contribution in [3.63, 3.8) is 0 Å². The molecule has 4 rings (SSSR count). The van der Waals surface area contributed by atoms with E-state index in [1.165, 1.54) is 7.05 Å². The van der Waals surface area contributed by atoms with Crippen LogP contribution in [0.15, 0.2) is 15.8 Å². The van der Waals surface area contributed by atoms with Crippen molar-refractivity contribution in [1.29, 1.82) is 0 Å². The van der Waals surface area contributed by atoms with E-state index in [1.54, 1.807) is 0 Å². The van der Waals surface area contributed by atoms with E-state index in [-0.39, 0.29) is 32.5 Å². The van der Waals surface area contributed by atoms with E-state index in [9.17, 15) is 36.2 Å². The smallest absolute Gasteiger partial charge is 0.434 e. The number of aromatic nitrogens is 3. The van der Waals surface area contributed by atoms with Crippen LogP contribution in [0, 0.1) is 0 Å². The van der Waals surface area contributed by atoms with Crippen molar-refractivity contribution in [1.82, 2.24) is 14.5 Å². The number of hydrogen-bond donors (Lipinski definition) is 1. The van der Waals surface area contributed by atoms with Gasteiger partial charge in [0.1, 0.15) is 15.7 Å². The summed E-state index contributed by atoms with van der Waals surface area (Å²) in [5.41, 5.74) is -3.20. The summed E-state index contributed by atoms with van der Waals surface area (Å²) in [6.45, 7) is 0. The molecule has 4 heterocycles. The van der Waals surface area contributed by atoms with Crippen LogP contribution >= 0.6 is 22.7 Å². The zero-order valence-corrected chi connectivity index (χ0v) is 15.5. The van der Waals surface area contributed by atoms with E-state index in [2.05, 4.69) is 15.0 Å². The lowest BCUT2D eigenvalue weighted by Gasteiger charge is -2.04. The number of amides is 1. The lowest BCUT2D eigenvalue weighted by Crippen LogP contribution is -2.07. The fourth-order valence-corrected chi connectivity index (χ4v) is 4.48. The van der Waals surface area contributed by atoms with Gasteiger partial charge in [-0.05, 0) is 0 Å². The van der Waals surface area contributed by atoms with Gasteiger partial charge >= 0.3 is 12.4 Å². The number of fused-ring (bicyclic) bond motifs is 1. The summed E-state index contributed by atoms with van der Waals surface area (Å²) in [7, 11) is 1.28. The van der Waals surface area contributed by atoms with Crippen molar-refractivity contribution >= 4 is 34.3 Å². The third-order valence-electron chi connectivity index (χ3n) is 4.02. The molecule has 29 heavy (non-hydrogen) atoms. The molecule has 3 aromatic heterocycles. The molecule has 0 fully saturated rings. The van der Waals surface area contributed by atoms with Crippen LogP contribution in [0.2, 0.25) is 0 Å². The first-order valence-electron chi connectivity index (χ1n) is 7.50. The molecule has 0 saturated heterocycles. The molecule has 3 aromatic rings. The zero-order valence-electron chi connectivity index (χ0n) is 13.9. The molecule has 0 spiro atoms. The minimum Gasteiger partial charge on any atom is -0.494 e. The molecule has 6 nitrogen and oxygen atoms in total. The van der Waals surface area contributed by atoms with E-state index >= 15 is 0 Å². The topological polar surface area (TPSA) is 80.4 Å². The lowest BCUT2D eigenvalue weighted by molar-refractivity contribution is -0.141. The maximum Gasteiger partial charge on any atom is 0.434 e. The maximum absolute atomic E-state index is 12.9. The monoisotopic (exact) mass is 452 g/mol. The van der Waals surface area contributed by atoms with Crippen molar-refractivity contribution in [2.75, 3.05) is 0 Å². The zero-order chi connectivity index (χ0) is 21.3. The Morgan fingerprint density at radius 3 is 1.97 bits per heavy atom. The Morgan fingerprint density at radius 1 is 0.931 bits per heavy atom. The average molecular weight is 452 g/mol. The summed E-state index contributed by atoms with van der Waals surface area (Å²) >= 11 is 1.17. The van der Waals surface area contributed by atoms with Gasteiger partial charge in [-0.25, -0.2) is 15.0 Å². The first-order valence-corrected chi connectivity index (χ1v) is 9.26. The molecule has 0 aliphatic carbocycles. The second-order valence-electron chi connectivity index (χ2n) is 5.82. The summed E-state index contributed by atoms with van der Waals surface area (Å²) in [6.07, 6.45) is -9.41. The van der Waals surface area contributed by atoms with E-state index in [4.69, 9.17) is 0 Å². The Kier molecular flexibility index (Phi) is 4.13. The van der Waals surface area contributed by atoms with E-state index in [0.29, 0.717) is 22.7 Å². The summed E-state index contributed by atoms with van der Waals surface area (Å²) < 4.78 is 78.0. The van der Waals surface area contributed by atoms with Crippen LogP contribution in [0.5, 0.6) is 5.88 Å². The van der Waals surface area contributed by atoms with Crippen molar-refractivity contribution in [3.8, 4) is 16.6 Å². The number of carbonyl (C=O) groups is 1. The molecule has 0 unspecified atom stereocenters. The number of halogens is 6. The Balaban J connectivity index is 1.85. The molecular formula is C15H6F6N4O2S2. The lowest BCUT2D eigenvalue weighted by atomic mass is 10.1. The van der Waals surface area contributed by atoms with Crippen molar-refractivity contribution in [2.45, 2.75) is 12.4 Å². The molecule has 0 atom stereocenters. The molecule has 1 aliphatic heterocycles. The summed E-state index contributed by atoms with van der Waals surface area (Å²) in [5.74, 6) is -1.47.